The zero-order valence-electron chi connectivity index (χ0n) is 12.4. The number of rotatable bonds is 2. The quantitative estimate of drug-likeness (QED) is 0.822. The highest BCUT2D eigenvalue weighted by Gasteiger charge is 2.17. The minimum atomic E-state index is -0.154. The molecule has 5 heteroatoms. The Labute approximate surface area is 124 Å². The van der Waals surface area contributed by atoms with E-state index in [4.69, 9.17) is 5.73 Å². The van der Waals surface area contributed by atoms with Crippen LogP contribution in [0.3, 0.4) is 0 Å². The highest BCUT2D eigenvalue weighted by atomic mass is 16.1. The number of carbonyl (C=O) groups is 1. The first kappa shape index (κ1) is 14.8. The van der Waals surface area contributed by atoms with Crippen molar-refractivity contribution in [3.63, 3.8) is 0 Å². The van der Waals surface area contributed by atoms with Crippen LogP contribution in [0.5, 0.6) is 0 Å². The van der Waals surface area contributed by atoms with Crippen LogP contribution in [-0.4, -0.2) is 22.2 Å². The van der Waals surface area contributed by atoms with Gasteiger partial charge in [-0.1, -0.05) is 11.8 Å². The first-order chi connectivity index (χ1) is 10.0. The van der Waals surface area contributed by atoms with E-state index in [1.54, 1.807) is 4.68 Å². The molecule has 1 aromatic heterocycles. The summed E-state index contributed by atoms with van der Waals surface area (Å²) < 4.78 is 1.70. The standard InChI is InChI=1S/C16H18N4O/c1-11-15(12(2)20(3)19-11)16(21)18-14-8-6-13(7-9-14)5-4-10-17/h6-9H,10,17H2,1-3H3,(H,18,21). The molecule has 21 heavy (non-hydrogen) atoms. The third-order valence-corrected chi connectivity index (χ3v) is 3.21. The van der Waals surface area contributed by atoms with Crippen molar-refractivity contribution in [2.75, 3.05) is 11.9 Å². The molecule has 0 aliphatic heterocycles. The number of carbonyl (C=O) groups excluding carboxylic acids is 1. The number of nitrogens with one attached hydrogen (secondary N) is 1. The molecule has 0 saturated heterocycles. The zero-order chi connectivity index (χ0) is 15.4. The highest BCUT2D eigenvalue weighted by Crippen LogP contribution is 2.15. The molecule has 1 heterocycles. The first-order valence-corrected chi connectivity index (χ1v) is 6.63. The van der Waals surface area contributed by atoms with Gasteiger partial charge in [-0.05, 0) is 38.1 Å². The molecule has 0 radical (unpaired) electrons. The van der Waals surface area contributed by atoms with Crippen LogP contribution in [0.25, 0.3) is 0 Å². The van der Waals surface area contributed by atoms with Crippen LogP contribution in [0.15, 0.2) is 24.3 Å². The third-order valence-electron chi connectivity index (χ3n) is 3.21. The number of aromatic nitrogens is 2. The summed E-state index contributed by atoms with van der Waals surface area (Å²) in [4.78, 5) is 12.3. The highest BCUT2D eigenvalue weighted by molar-refractivity contribution is 6.05. The maximum absolute atomic E-state index is 12.3. The fourth-order valence-corrected chi connectivity index (χ4v) is 2.09. The molecule has 108 valence electrons. The number of nitrogens with zero attached hydrogens (tertiary/aromatic N) is 2. The lowest BCUT2D eigenvalue weighted by molar-refractivity contribution is 0.102. The van der Waals surface area contributed by atoms with Crippen molar-refractivity contribution in [1.29, 1.82) is 0 Å². The van der Waals surface area contributed by atoms with Gasteiger partial charge in [0.25, 0.3) is 5.91 Å². The molecule has 0 saturated carbocycles. The number of amides is 1. The normalized spacial score (nSPS) is 9.90. The van der Waals surface area contributed by atoms with E-state index in [0.717, 1.165) is 22.6 Å². The van der Waals surface area contributed by atoms with Crippen molar-refractivity contribution in [2.24, 2.45) is 12.8 Å². The van der Waals surface area contributed by atoms with Crippen molar-refractivity contribution in [1.82, 2.24) is 9.78 Å². The second-order valence-corrected chi connectivity index (χ2v) is 4.71. The molecule has 0 bridgehead atoms. The smallest absolute Gasteiger partial charge is 0.259 e. The van der Waals surface area contributed by atoms with E-state index in [0.29, 0.717) is 12.1 Å². The van der Waals surface area contributed by atoms with Crippen molar-refractivity contribution >= 4 is 11.6 Å². The van der Waals surface area contributed by atoms with Gasteiger partial charge in [0.2, 0.25) is 0 Å². The van der Waals surface area contributed by atoms with Crippen LogP contribution in [0.4, 0.5) is 5.69 Å². The molecule has 0 aliphatic rings. The summed E-state index contributed by atoms with van der Waals surface area (Å²) in [5, 5.41) is 7.12. The number of nitrogens with two attached hydrogens (primary N) is 1. The van der Waals surface area contributed by atoms with Crippen LogP contribution < -0.4 is 11.1 Å². The predicted octanol–water partition coefficient (Wildman–Crippen LogP) is 1.60. The zero-order valence-corrected chi connectivity index (χ0v) is 12.4. The minimum absolute atomic E-state index is 0.154. The van der Waals surface area contributed by atoms with Gasteiger partial charge in [-0.15, -0.1) is 0 Å². The molecule has 0 fully saturated rings. The average molecular weight is 282 g/mol. The van der Waals surface area contributed by atoms with E-state index in [9.17, 15) is 4.79 Å². The van der Waals surface area contributed by atoms with E-state index in [2.05, 4.69) is 22.3 Å². The molecule has 0 aliphatic carbocycles. The largest absolute Gasteiger partial charge is 0.322 e. The van der Waals surface area contributed by atoms with Crippen molar-refractivity contribution in [2.45, 2.75) is 13.8 Å². The van der Waals surface area contributed by atoms with Gasteiger partial charge in [-0.25, -0.2) is 0 Å². The molecule has 1 aromatic carbocycles. The Bertz CT molecular complexity index is 717. The second-order valence-electron chi connectivity index (χ2n) is 4.71. The average Bonchev–Trinajstić information content (AvgIpc) is 2.71. The molecule has 2 aromatic rings. The number of hydrogen-bond donors (Lipinski definition) is 2. The Balaban J connectivity index is 2.16. The monoisotopic (exact) mass is 282 g/mol. The summed E-state index contributed by atoms with van der Waals surface area (Å²) in [5.41, 5.74) is 9.10. The fourth-order valence-electron chi connectivity index (χ4n) is 2.09. The van der Waals surface area contributed by atoms with Crippen LogP contribution in [0.2, 0.25) is 0 Å². The fraction of sp³-hybridized carbons (Fsp3) is 0.250. The Morgan fingerprint density at radius 1 is 1.33 bits per heavy atom. The van der Waals surface area contributed by atoms with Gasteiger partial charge in [-0.3, -0.25) is 9.48 Å². The van der Waals surface area contributed by atoms with Crippen molar-refractivity contribution in [3.8, 4) is 11.8 Å². The lowest BCUT2D eigenvalue weighted by Gasteiger charge is -2.05. The molecule has 0 spiro atoms. The Morgan fingerprint density at radius 3 is 2.52 bits per heavy atom. The number of hydrogen-bond acceptors (Lipinski definition) is 3. The predicted molar refractivity (Wildman–Crippen MR) is 83.0 cm³/mol. The van der Waals surface area contributed by atoms with Crippen LogP contribution >= 0.6 is 0 Å². The van der Waals surface area contributed by atoms with Crippen LogP contribution in [0.1, 0.15) is 27.3 Å². The molecule has 0 unspecified atom stereocenters. The van der Waals surface area contributed by atoms with Gasteiger partial charge in [0.05, 0.1) is 17.8 Å². The summed E-state index contributed by atoms with van der Waals surface area (Å²) in [7, 11) is 1.82. The van der Waals surface area contributed by atoms with E-state index >= 15 is 0 Å². The Morgan fingerprint density at radius 2 is 2.00 bits per heavy atom. The van der Waals surface area contributed by atoms with Crippen molar-refractivity contribution < 1.29 is 4.79 Å². The summed E-state index contributed by atoms with van der Waals surface area (Å²) in [6.45, 7) is 4.03. The topological polar surface area (TPSA) is 72.9 Å². The van der Waals surface area contributed by atoms with E-state index in [1.807, 2.05) is 45.2 Å². The van der Waals surface area contributed by atoms with E-state index in [-0.39, 0.29) is 5.91 Å². The van der Waals surface area contributed by atoms with Gasteiger partial charge < -0.3 is 11.1 Å². The second kappa shape index (κ2) is 6.25. The number of aryl methyl sites for hydroxylation is 2. The van der Waals surface area contributed by atoms with E-state index in [1.165, 1.54) is 0 Å². The molecular weight excluding hydrogens is 264 g/mol. The molecule has 5 nitrogen and oxygen atoms in total. The molecule has 3 N–H and O–H groups in total. The SMILES string of the molecule is Cc1nn(C)c(C)c1C(=O)Nc1ccc(C#CCN)cc1. The maximum atomic E-state index is 12.3. The van der Waals surface area contributed by atoms with Crippen LogP contribution in [-0.2, 0) is 7.05 Å². The maximum Gasteiger partial charge on any atom is 0.259 e. The first-order valence-electron chi connectivity index (χ1n) is 6.63. The van der Waals surface area contributed by atoms with Gasteiger partial charge in [0.1, 0.15) is 0 Å². The lowest BCUT2D eigenvalue weighted by Crippen LogP contribution is -2.14. The van der Waals surface area contributed by atoms with Crippen LogP contribution in [0, 0.1) is 25.7 Å². The summed E-state index contributed by atoms with van der Waals surface area (Å²) >= 11 is 0. The number of anilines is 1. The molecule has 2 rings (SSSR count). The summed E-state index contributed by atoms with van der Waals surface area (Å²) in [5.74, 6) is 5.57. The van der Waals surface area contributed by atoms with Gasteiger partial charge >= 0.3 is 0 Å². The Kier molecular flexibility index (Phi) is 4.41. The summed E-state index contributed by atoms with van der Waals surface area (Å²) in [6.07, 6.45) is 0. The number of benzene rings is 1. The van der Waals surface area contributed by atoms with Gasteiger partial charge in [0, 0.05) is 24.0 Å². The lowest BCUT2D eigenvalue weighted by atomic mass is 10.1. The third kappa shape index (κ3) is 3.30. The van der Waals surface area contributed by atoms with Gasteiger partial charge in [0.15, 0.2) is 0 Å². The van der Waals surface area contributed by atoms with E-state index < -0.39 is 0 Å². The molecule has 1 amide bonds. The molecular formula is C16H18N4O. The Hall–Kier alpha value is -2.58. The van der Waals surface area contributed by atoms with Crippen molar-refractivity contribution in [3.05, 3.63) is 46.8 Å². The minimum Gasteiger partial charge on any atom is -0.322 e. The summed E-state index contributed by atoms with van der Waals surface area (Å²) in [6, 6.07) is 7.33. The molecule has 0 atom stereocenters. The van der Waals surface area contributed by atoms with Gasteiger partial charge in [-0.2, -0.15) is 5.10 Å².